The summed E-state index contributed by atoms with van der Waals surface area (Å²) in [5, 5.41) is 2.93. The van der Waals surface area contributed by atoms with Crippen LogP contribution < -0.4 is 16.6 Å². The van der Waals surface area contributed by atoms with Gasteiger partial charge < -0.3 is 15.5 Å². The van der Waals surface area contributed by atoms with Crippen LogP contribution in [-0.4, -0.2) is 9.97 Å². The van der Waals surface area contributed by atoms with Gasteiger partial charge >= 0.3 is 0 Å². The monoisotopic (exact) mass is 206 g/mol. The molecule has 0 saturated carbocycles. The topological polar surface area (TPSA) is 96.9 Å². The zero-order valence-corrected chi connectivity index (χ0v) is 7.86. The van der Waals surface area contributed by atoms with E-state index < -0.39 is 0 Å². The largest absolute Gasteiger partial charge is 0.472 e. The Morgan fingerprint density at radius 2 is 2.47 bits per heavy atom. The Hall–Kier alpha value is -2.24. The second-order valence-corrected chi connectivity index (χ2v) is 3.00. The van der Waals surface area contributed by atoms with Gasteiger partial charge in [0.2, 0.25) is 5.95 Å². The Labute approximate surface area is 85.1 Å². The van der Waals surface area contributed by atoms with E-state index in [9.17, 15) is 4.79 Å². The van der Waals surface area contributed by atoms with Gasteiger partial charge in [0.1, 0.15) is 5.69 Å². The summed E-state index contributed by atoms with van der Waals surface area (Å²) in [4.78, 5) is 17.5. The number of aromatic amines is 1. The van der Waals surface area contributed by atoms with Crippen molar-refractivity contribution in [3.05, 3.63) is 40.7 Å². The predicted octanol–water partition coefficient (Wildman–Crippen LogP) is 0.557. The number of nitrogen functional groups attached to an aromatic ring is 1. The Morgan fingerprint density at radius 3 is 3.13 bits per heavy atom. The second kappa shape index (κ2) is 3.87. The van der Waals surface area contributed by atoms with Gasteiger partial charge in [0.15, 0.2) is 0 Å². The molecule has 0 atom stereocenters. The first-order valence-corrected chi connectivity index (χ1v) is 4.35. The van der Waals surface area contributed by atoms with Crippen molar-refractivity contribution in [1.82, 2.24) is 9.97 Å². The fourth-order valence-electron chi connectivity index (χ4n) is 1.07. The van der Waals surface area contributed by atoms with Crippen LogP contribution in [0.4, 0.5) is 11.6 Å². The third kappa shape index (κ3) is 2.16. The maximum absolute atomic E-state index is 11.1. The van der Waals surface area contributed by atoms with Crippen LogP contribution in [0.1, 0.15) is 5.56 Å². The zero-order valence-electron chi connectivity index (χ0n) is 7.86. The number of nitrogens with zero attached hydrogens (tertiary/aromatic N) is 1. The van der Waals surface area contributed by atoms with Crippen LogP contribution in [0.2, 0.25) is 0 Å². The van der Waals surface area contributed by atoms with Crippen LogP contribution >= 0.6 is 0 Å². The highest BCUT2D eigenvalue weighted by atomic mass is 16.3. The molecule has 0 saturated heterocycles. The van der Waals surface area contributed by atoms with E-state index in [0.717, 1.165) is 5.56 Å². The summed E-state index contributed by atoms with van der Waals surface area (Å²) in [6.07, 6.45) is 4.51. The van der Waals surface area contributed by atoms with Crippen LogP contribution in [0.5, 0.6) is 0 Å². The van der Waals surface area contributed by atoms with Gasteiger partial charge in [-0.1, -0.05) is 0 Å². The van der Waals surface area contributed by atoms with E-state index in [-0.39, 0.29) is 11.2 Å². The summed E-state index contributed by atoms with van der Waals surface area (Å²) in [5.74, 6) is 0.385. The molecule has 0 bridgehead atoms. The third-order valence-corrected chi connectivity index (χ3v) is 1.87. The van der Waals surface area contributed by atoms with Gasteiger partial charge in [-0.05, 0) is 6.07 Å². The SMILES string of the molecule is Nc1cnc(NCc2ccoc2)[nH]c1=O. The maximum Gasteiger partial charge on any atom is 0.275 e. The first-order chi connectivity index (χ1) is 7.25. The van der Waals surface area contributed by atoms with Crippen molar-refractivity contribution in [3.63, 3.8) is 0 Å². The summed E-state index contributed by atoms with van der Waals surface area (Å²) >= 11 is 0. The molecule has 6 heteroatoms. The van der Waals surface area contributed by atoms with Crippen LogP contribution in [-0.2, 0) is 6.54 Å². The van der Waals surface area contributed by atoms with Gasteiger partial charge in [0, 0.05) is 12.1 Å². The lowest BCUT2D eigenvalue weighted by Gasteiger charge is -2.02. The van der Waals surface area contributed by atoms with Gasteiger partial charge in [-0.2, -0.15) is 0 Å². The number of rotatable bonds is 3. The molecule has 0 fully saturated rings. The standard InChI is InChI=1S/C9H10N4O2/c10-7-4-12-9(13-8(7)14)11-3-6-1-2-15-5-6/h1-2,4-5H,3,10H2,(H2,11,12,13,14). The lowest BCUT2D eigenvalue weighted by molar-refractivity contribution is 0.564. The normalized spacial score (nSPS) is 10.1. The van der Waals surface area contributed by atoms with Crippen molar-refractivity contribution in [2.24, 2.45) is 0 Å². The van der Waals surface area contributed by atoms with Crippen molar-refractivity contribution in [2.45, 2.75) is 6.54 Å². The molecule has 0 aliphatic rings. The lowest BCUT2D eigenvalue weighted by atomic mass is 10.3. The molecule has 0 unspecified atom stereocenters. The molecule has 0 radical (unpaired) electrons. The molecule has 0 amide bonds. The van der Waals surface area contributed by atoms with Crippen LogP contribution in [0, 0.1) is 0 Å². The minimum Gasteiger partial charge on any atom is -0.472 e. The van der Waals surface area contributed by atoms with Gasteiger partial charge in [-0.25, -0.2) is 4.98 Å². The molecule has 2 heterocycles. The molecule has 0 aliphatic carbocycles. The molecule has 0 aliphatic heterocycles. The zero-order chi connectivity index (χ0) is 10.7. The maximum atomic E-state index is 11.1. The Bertz CT molecular complexity index is 489. The van der Waals surface area contributed by atoms with Crippen molar-refractivity contribution in [1.29, 1.82) is 0 Å². The highest BCUT2D eigenvalue weighted by molar-refractivity contribution is 5.36. The van der Waals surface area contributed by atoms with Crippen molar-refractivity contribution in [3.8, 4) is 0 Å². The highest BCUT2D eigenvalue weighted by Crippen LogP contribution is 2.03. The number of hydrogen-bond donors (Lipinski definition) is 3. The molecule has 4 N–H and O–H groups in total. The summed E-state index contributed by atoms with van der Waals surface area (Å²) < 4.78 is 4.89. The molecule has 2 rings (SSSR count). The molecule has 0 aromatic carbocycles. The average Bonchev–Trinajstić information content (AvgIpc) is 2.73. The van der Waals surface area contributed by atoms with Crippen molar-refractivity contribution in [2.75, 3.05) is 11.1 Å². The van der Waals surface area contributed by atoms with E-state index >= 15 is 0 Å². The first kappa shape index (κ1) is 9.32. The Morgan fingerprint density at radius 1 is 1.60 bits per heavy atom. The van der Waals surface area contributed by atoms with Gasteiger partial charge in [-0.15, -0.1) is 0 Å². The number of aromatic nitrogens is 2. The minimum atomic E-state index is -0.348. The highest BCUT2D eigenvalue weighted by Gasteiger charge is 1.99. The van der Waals surface area contributed by atoms with Crippen LogP contribution in [0.25, 0.3) is 0 Å². The number of H-pyrrole nitrogens is 1. The summed E-state index contributed by atoms with van der Waals surface area (Å²) in [5.41, 5.74) is 6.05. The van der Waals surface area contributed by atoms with Gasteiger partial charge in [0.05, 0.1) is 18.7 Å². The quantitative estimate of drug-likeness (QED) is 0.681. The van der Waals surface area contributed by atoms with Crippen molar-refractivity contribution < 1.29 is 4.42 Å². The van der Waals surface area contributed by atoms with Crippen LogP contribution in [0.15, 0.2) is 34.0 Å². The molecular formula is C9H10N4O2. The lowest BCUT2D eigenvalue weighted by Crippen LogP contribution is -2.15. The minimum absolute atomic E-state index is 0.101. The molecule has 2 aromatic heterocycles. The number of furan rings is 1. The van der Waals surface area contributed by atoms with Gasteiger partial charge in [0.25, 0.3) is 5.56 Å². The number of nitrogens with one attached hydrogen (secondary N) is 2. The fourth-order valence-corrected chi connectivity index (χ4v) is 1.07. The van der Waals surface area contributed by atoms with E-state index in [0.29, 0.717) is 12.5 Å². The fraction of sp³-hybridized carbons (Fsp3) is 0.111. The molecule has 15 heavy (non-hydrogen) atoms. The first-order valence-electron chi connectivity index (χ1n) is 4.35. The Kier molecular flexibility index (Phi) is 2.40. The summed E-state index contributed by atoms with van der Waals surface area (Å²) in [7, 11) is 0. The number of hydrogen-bond acceptors (Lipinski definition) is 5. The average molecular weight is 206 g/mol. The van der Waals surface area contributed by atoms with E-state index in [2.05, 4.69) is 15.3 Å². The molecule has 2 aromatic rings. The molecule has 0 spiro atoms. The predicted molar refractivity (Wildman–Crippen MR) is 55.3 cm³/mol. The van der Waals surface area contributed by atoms with E-state index in [1.165, 1.54) is 6.20 Å². The number of anilines is 2. The summed E-state index contributed by atoms with van der Waals surface area (Å²) in [6.45, 7) is 0.531. The molecule has 78 valence electrons. The van der Waals surface area contributed by atoms with E-state index in [1.54, 1.807) is 12.5 Å². The van der Waals surface area contributed by atoms with Crippen molar-refractivity contribution >= 4 is 11.6 Å². The summed E-state index contributed by atoms with van der Waals surface area (Å²) in [6, 6.07) is 1.82. The number of nitrogens with two attached hydrogens (primary N) is 1. The van der Waals surface area contributed by atoms with E-state index in [4.69, 9.17) is 10.2 Å². The van der Waals surface area contributed by atoms with Crippen LogP contribution in [0.3, 0.4) is 0 Å². The molecular weight excluding hydrogens is 196 g/mol. The second-order valence-electron chi connectivity index (χ2n) is 3.00. The molecule has 6 nitrogen and oxygen atoms in total. The smallest absolute Gasteiger partial charge is 0.275 e. The Balaban J connectivity index is 2.06. The van der Waals surface area contributed by atoms with E-state index in [1.807, 2.05) is 6.07 Å². The third-order valence-electron chi connectivity index (χ3n) is 1.87. The van der Waals surface area contributed by atoms with Gasteiger partial charge in [-0.3, -0.25) is 9.78 Å².